The molecule has 0 radical (unpaired) electrons. The number of hydrogen-bond donors (Lipinski definition) is 1. The summed E-state index contributed by atoms with van der Waals surface area (Å²) in [6.07, 6.45) is 4.70. The third kappa shape index (κ3) is 4.65. The van der Waals surface area contributed by atoms with Crippen LogP contribution >= 0.6 is 0 Å². The van der Waals surface area contributed by atoms with Crippen molar-refractivity contribution in [1.82, 2.24) is 34.6 Å². The molecule has 1 saturated heterocycles. The number of nitrogens with zero attached hydrogens (tertiary/aromatic N) is 7. The second-order valence-electron chi connectivity index (χ2n) is 9.26. The number of nitrogens with one attached hydrogen (secondary N) is 1. The number of hydrogen-bond acceptors (Lipinski definition) is 6. The first kappa shape index (κ1) is 23.8. The van der Waals surface area contributed by atoms with E-state index in [1.165, 1.54) is 6.20 Å². The van der Waals surface area contributed by atoms with Crippen LogP contribution in [0.3, 0.4) is 0 Å². The molecule has 1 N–H and O–H groups in total. The van der Waals surface area contributed by atoms with Crippen molar-refractivity contribution in [2.24, 2.45) is 7.05 Å². The van der Waals surface area contributed by atoms with Crippen LogP contribution in [0.4, 0.5) is 14.6 Å². The number of pyridine rings is 2. The summed E-state index contributed by atoms with van der Waals surface area (Å²) < 4.78 is 28.7. The Morgan fingerprint density at radius 1 is 1.17 bits per heavy atom. The van der Waals surface area contributed by atoms with Gasteiger partial charge >= 0.3 is 0 Å². The third-order valence-corrected chi connectivity index (χ3v) is 6.58. The quantitative estimate of drug-likeness (QED) is 0.417. The van der Waals surface area contributed by atoms with Crippen LogP contribution in [0.2, 0.25) is 0 Å². The largest absolute Gasteiger partial charge is 0.351 e. The first-order valence-corrected chi connectivity index (χ1v) is 12.0. The standard InChI is InChI=1S/C25H28F2N8O.H2/c1-15-4-5-16(2)35(15)22-7-6-17(11-28-22)23-31-20-10-18(25(36)30-13-21(26)27)12-29-24(20)34(23)14-19-8-9-33(3)32-19;/h6-12,15-16,21H,4-5,13-14H2,1-3H3,(H,30,36);1H/t15-,16-;/m0./s1. The molecule has 11 heteroatoms. The van der Waals surface area contributed by atoms with Gasteiger partial charge in [0.2, 0.25) is 0 Å². The zero-order chi connectivity index (χ0) is 25.4. The van der Waals surface area contributed by atoms with Crippen LogP contribution in [0.25, 0.3) is 22.6 Å². The Kier molecular flexibility index (Phi) is 6.38. The first-order chi connectivity index (χ1) is 17.3. The Bertz CT molecular complexity index is 1380. The van der Waals surface area contributed by atoms with Gasteiger partial charge in [0.1, 0.15) is 17.2 Å². The SMILES string of the molecule is C[C@H]1CC[C@H](C)N1c1ccc(-c2nc3cc(C(=O)NCC(F)F)cnc3n2Cc2ccn(C)n2)cn1.[HH]. The molecule has 1 amide bonds. The topological polar surface area (TPSA) is 93.8 Å². The van der Waals surface area contributed by atoms with Gasteiger partial charge in [-0.2, -0.15) is 5.10 Å². The summed E-state index contributed by atoms with van der Waals surface area (Å²) in [5, 5.41) is 6.69. The summed E-state index contributed by atoms with van der Waals surface area (Å²) in [4.78, 5) is 28.6. The lowest BCUT2D eigenvalue weighted by atomic mass is 10.2. The van der Waals surface area contributed by atoms with Crippen molar-refractivity contribution in [1.29, 1.82) is 0 Å². The van der Waals surface area contributed by atoms with Crippen LogP contribution in [0.5, 0.6) is 0 Å². The van der Waals surface area contributed by atoms with Crippen molar-refractivity contribution < 1.29 is 15.0 Å². The van der Waals surface area contributed by atoms with Crippen molar-refractivity contribution >= 4 is 22.9 Å². The predicted octanol–water partition coefficient (Wildman–Crippen LogP) is 3.89. The summed E-state index contributed by atoms with van der Waals surface area (Å²) in [5.41, 5.74) is 2.84. The van der Waals surface area contributed by atoms with Gasteiger partial charge in [-0.25, -0.2) is 23.7 Å². The van der Waals surface area contributed by atoms with Gasteiger partial charge in [0, 0.05) is 44.7 Å². The molecule has 0 spiro atoms. The Labute approximate surface area is 208 Å². The lowest BCUT2D eigenvalue weighted by Gasteiger charge is -2.27. The number of anilines is 1. The summed E-state index contributed by atoms with van der Waals surface area (Å²) in [7, 11) is 1.85. The number of alkyl halides is 2. The van der Waals surface area contributed by atoms with Crippen LogP contribution in [-0.2, 0) is 13.6 Å². The maximum absolute atomic E-state index is 12.5. The third-order valence-electron chi connectivity index (χ3n) is 6.58. The highest BCUT2D eigenvalue weighted by Crippen LogP contribution is 2.31. The van der Waals surface area contributed by atoms with E-state index in [0.29, 0.717) is 35.6 Å². The molecular formula is C25H30F2N8O. The maximum Gasteiger partial charge on any atom is 0.255 e. The van der Waals surface area contributed by atoms with Gasteiger partial charge in [-0.15, -0.1) is 0 Å². The molecule has 190 valence electrons. The normalized spacial score (nSPS) is 17.9. The van der Waals surface area contributed by atoms with Gasteiger partial charge in [0.05, 0.1) is 24.3 Å². The predicted molar refractivity (Wildman–Crippen MR) is 134 cm³/mol. The molecule has 0 unspecified atom stereocenters. The zero-order valence-corrected chi connectivity index (χ0v) is 20.4. The summed E-state index contributed by atoms with van der Waals surface area (Å²) >= 11 is 0. The van der Waals surface area contributed by atoms with E-state index < -0.39 is 18.9 Å². The average Bonchev–Trinajstić information content (AvgIpc) is 3.54. The van der Waals surface area contributed by atoms with Gasteiger partial charge in [-0.05, 0) is 51.0 Å². The number of aromatic nitrogens is 6. The second-order valence-corrected chi connectivity index (χ2v) is 9.26. The number of amides is 1. The van der Waals surface area contributed by atoms with Crippen LogP contribution in [0, 0.1) is 0 Å². The fourth-order valence-corrected chi connectivity index (χ4v) is 4.80. The minimum Gasteiger partial charge on any atom is -0.351 e. The monoisotopic (exact) mass is 496 g/mol. The van der Waals surface area contributed by atoms with Crippen LogP contribution in [-0.4, -0.2) is 60.3 Å². The van der Waals surface area contributed by atoms with Crippen molar-refractivity contribution in [3.63, 3.8) is 0 Å². The van der Waals surface area contributed by atoms with Gasteiger partial charge < -0.3 is 14.8 Å². The highest BCUT2D eigenvalue weighted by Gasteiger charge is 2.28. The van der Waals surface area contributed by atoms with Crippen LogP contribution < -0.4 is 10.2 Å². The average molecular weight is 497 g/mol. The summed E-state index contributed by atoms with van der Waals surface area (Å²) in [5.74, 6) is 0.944. The van der Waals surface area contributed by atoms with E-state index in [1.807, 2.05) is 36.0 Å². The van der Waals surface area contributed by atoms with Crippen molar-refractivity contribution in [2.75, 3.05) is 11.4 Å². The molecule has 1 aliphatic heterocycles. The Morgan fingerprint density at radius 2 is 1.94 bits per heavy atom. The number of carbonyl (C=O) groups is 1. The van der Waals surface area contributed by atoms with Gasteiger partial charge in [0.15, 0.2) is 5.65 Å². The van der Waals surface area contributed by atoms with Gasteiger partial charge in [0.25, 0.3) is 12.3 Å². The number of carbonyl (C=O) groups excluding carboxylic acids is 1. The highest BCUT2D eigenvalue weighted by molar-refractivity contribution is 5.96. The van der Waals surface area contributed by atoms with E-state index in [4.69, 9.17) is 9.97 Å². The molecule has 5 rings (SSSR count). The van der Waals surface area contributed by atoms with Crippen molar-refractivity contribution in [3.8, 4) is 11.4 Å². The zero-order valence-electron chi connectivity index (χ0n) is 20.4. The molecule has 2 atom stereocenters. The fraction of sp³-hybridized carbons (Fsp3) is 0.400. The molecule has 0 saturated carbocycles. The molecule has 5 heterocycles. The molecule has 1 fully saturated rings. The molecule has 0 aliphatic carbocycles. The van der Waals surface area contributed by atoms with E-state index in [2.05, 4.69) is 34.1 Å². The van der Waals surface area contributed by atoms with E-state index in [9.17, 15) is 13.6 Å². The number of halogens is 2. The van der Waals surface area contributed by atoms with Crippen LogP contribution in [0.1, 0.15) is 44.2 Å². The molecule has 4 aromatic heterocycles. The van der Waals surface area contributed by atoms with E-state index in [-0.39, 0.29) is 6.99 Å². The van der Waals surface area contributed by atoms with Crippen molar-refractivity contribution in [2.45, 2.75) is 51.7 Å². The molecular weight excluding hydrogens is 466 g/mol. The highest BCUT2D eigenvalue weighted by atomic mass is 19.3. The van der Waals surface area contributed by atoms with Gasteiger partial charge in [-0.3, -0.25) is 9.48 Å². The number of fused-ring (bicyclic) bond motifs is 1. The van der Waals surface area contributed by atoms with Crippen LogP contribution in [0.15, 0.2) is 42.9 Å². The molecule has 0 bridgehead atoms. The lowest BCUT2D eigenvalue weighted by Crippen LogP contribution is -2.33. The van der Waals surface area contributed by atoms with E-state index in [1.54, 1.807) is 16.9 Å². The minimum atomic E-state index is -2.63. The summed E-state index contributed by atoms with van der Waals surface area (Å²) in [6, 6.07) is 8.36. The number of aryl methyl sites for hydroxylation is 1. The molecule has 1 aliphatic rings. The second kappa shape index (κ2) is 9.63. The molecule has 0 aromatic carbocycles. The molecule has 36 heavy (non-hydrogen) atoms. The molecule has 4 aromatic rings. The minimum absolute atomic E-state index is 0. The fourth-order valence-electron chi connectivity index (χ4n) is 4.80. The Balaban J connectivity index is 0.00000320. The Morgan fingerprint density at radius 3 is 2.58 bits per heavy atom. The number of rotatable bonds is 7. The smallest absolute Gasteiger partial charge is 0.255 e. The number of imidazole rings is 1. The Hall–Kier alpha value is -3.89. The maximum atomic E-state index is 12.5. The summed E-state index contributed by atoms with van der Waals surface area (Å²) in [6.45, 7) is 4.12. The van der Waals surface area contributed by atoms with E-state index in [0.717, 1.165) is 29.9 Å². The lowest BCUT2D eigenvalue weighted by molar-refractivity contribution is 0.0891. The first-order valence-electron chi connectivity index (χ1n) is 12.0. The molecule has 9 nitrogen and oxygen atoms in total. The van der Waals surface area contributed by atoms with Gasteiger partial charge in [-0.1, -0.05) is 0 Å². The van der Waals surface area contributed by atoms with E-state index >= 15 is 0 Å². The van der Waals surface area contributed by atoms with Crippen molar-refractivity contribution in [3.05, 3.63) is 54.1 Å².